The maximum atomic E-state index is 12.0. The van der Waals surface area contributed by atoms with Gasteiger partial charge in [0.25, 0.3) is 0 Å². The van der Waals surface area contributed by atoms with Crippen LogP contribution in [0.3, 0.4) is 0 Å². The zero-order valence-corrected chi connectivity index (χ0v) is 13.9. The van der Waals surface area contributed by atoms with Crippen molar-refractivity contribution >= 4 is 5.91 Å². The lowest BCUT2D eigenvalue weighted by atomic mass is 10.0. The van der Waals surface area contributed by atoms with Gasteiger partial charge in [-0.05, 0) is 23.3 Å². The molecule has 2 rings (SSSR count). The van der Waals surface area contributed by atoms with Crippen LogP contribution in [0.4, 0.5) is 0 Å². The quantitative estimate of drug-likeness (QED) is 0.693. The number of ether oxygens (including phenoxy) is 2. The number of hydrogen-bond donors (Lipinski definition) is 2. The molecule has 24 heavy (non-hydrogen) atoms. The number of nitrogens with one attached hydrogen (secondary N) is 1. The molecule has 0 spiro atoms. The third-order valence-corrected chi connectivity index (χ3v) is 3.60. The van der Waals surface area contributed by atoms with Crippen molar-refractivity contribution in [1.82, 2.24) is 5.32 Å². The standard InChI is InChI=1S/C19H24N2O3/c1-23-11-12-24-17-9-7-15(8-10-17)14-21-19(22)13-18(20)16-5-3-2-4-6-16/h2-10,18H,11-14,20H2,1H3,(H,21,22). The second kappa shape index (κ2) is 9.70. The summed E-state index contributed by atoms with van der Waals surface area (Å²) in [5, 5.41) is 2.89. The Morgan fingerprint density at radius 3 is 2.46 bits per heavy atom. The van der Waals surface area contributed by atoms with E-state index in [-0.39, 0.29) is 18.4 Å². The highest BCUT2D eigenvalue weighted by Crippen LogP contribution is 2.14. The van der Waals surface area contributed by atoms with Gasteiger partial charge in [0, 0.05) is 26.1 Å². The average Bonchev–Trinajstić information content (AvgIpc) is 2.62. The molecule has 2 aromatic carbocycles. The van der Waals surface area contributed by atoms with Gasteiger partial charge in [-0.2, -0.15) is 0 Å². The van der Waals surface area contributed by atoms with E-state index >= 15 is 0 Å². The molecule has 3 N–H and O–H groups in total. The summed E-state index contributed by atoms with van der Waals surface area (Å²) in [6.45, 7) is 1.54. The molecular weight excluding hydrogens is 304 g/mol. The molecule has 0 radical (unpaired) electrons. The van der Waals surface area contributed by atoms with E-state index in [9.17, 15) is 4.79 Å². The van der Waals surface area contributed by atoms with Gasteiger partial charge in [-0.15, -0.1) is 0 Å². The number of methoxy groups -OCH3 is 1. The Balaban J connectivity index is 1.75. The van der Waals surface area contributed by atoms with Gasteiger partial charge < -0.3 is 20.5 Å². The fourth-order valence-corrected chi connectivity index (χ4v) is 2.24. The summed E-state index contributed by atoms with van der Waals surface area (Å²) in [5.74, 6) is 0.722. The summed E-state index contributed by atoms with van der Waals surface area (Å²) >= 11 is 0. The van der Waals surface area contributed by atoms with Gasteiger partial charge in [-0.1, -0.05) is 42.5 Å². The second-order valence-electron chi connectivity index (χ2n) is 5.48. The lowest BCUT2D eigenvalue weighted by molar-refractivity contribution is -0.121. The number of nitrogens with two attached hydrogens (primary N) is 1. The average molecular weight is 328 g/mol. The molecule has 1 amide bonds. The van der Waals surface area contributed by atoms with Gasteiger partial charge in [0.05, 0.1) is 6.61 Å². The van der Waals surface area contributed by atoms with E-state index in [1.54, 1.807) is 7.11 Å². The van der Waals surface area contributed by atoms with Gasteiger partial charge in [0.2, 0.25) is 5.91 Å². The Labute approximate surface area is 142 Å². The highest BCUT2D eigenvalue weighted by atomic mass is 16.5. The lowest BCUT2D eigenvalue weighted by Gasteiger charge is -2.12. The summed E-state index contributed by atoms with van der Waals surface area (Å²) in [7, 11) is 1.64. The number of carbonyl (C=O) groups is 1. The third kappa shape index (κ3) is 6.02. The van der Waals surface area contributed by atoms with Crippen molar-refractivity contribution in [2.24, 2.45) is 5.73 Å². The van der Waals surface area contributed by atoms with Crippen molar-refractivity contribution in [1.29, 1.82) is 0 Å². The Bertz CT molecular complexity index is 614. The molecule has 0 saturated heterocycles. The smallest absolute Gasteiger partial charge is 0.222 e. The van der Waals surface area contributed by atoms with Gasteiger partial charge in [0.1, 0.15) is 12.4 Å². The van der Waals surface area contributed by atoms with Crippen LogP contribution in [0.2, 0.25) is 0 Å². The molecule has 5 nitrogen and oxygen atoms in total. The molecule has 5 heteroatoms. The Morgan fingerprint density at radius 1 is 1.08 bits per heavy atom. The number of amides is 1. The predicted molar refractivity (Wildman–Crippen MR) is 93.6 cm³/mol. The van der Waals surface area contributed by atoms with Crippen LogP contribution >= 0.6 is 0 Å². The van der Waals surface area contributed by atoms with Crippen molar-refractivity contribution in [2.75, 3.05) is 20.3 Å². The maximum Gasteiger partial charge on any atom is 0.222 e. The zero-order chi connectivity index (χ0) is 17.2. The van der Waals surface area contributed by atoms with Crippen LogP contribution in [-0.4, -0.2) is 26.2 Å². The molecule has 0 aliphatic rings. The minimum atomic E-state index is -0.289. The Hall–Kier alpha value is -2.37. The van der Waals surface area contributed by atoms with Gasteiger partial charge in [-0.25, -0.2) is 0 Å². The van der Waals surface area contributed by atoms with E-state index in [0.29, 0.717) is 19.8 Å². The van der Waals surface area contributed by atoms with Crippen molar-refractivity contribution < 1.29 is 14.3 Å². The van der Waals surface area contributed by atoms with E-state index in [2.05, 4.69) is 5.32 Å². The lowest BCUT2D eigenvalue weighted by Crippen LogP contribution is -2.27. The summed E-state index contributed by atoms with van der Waals surface area (Å²) in [5.41, 5.74) is 8.03. The minimum absolute atomic E-state index is 0.0632. The van der Waals surface area contributed by atoms with Gasteiger partial charge in [-0.3, -0.25) is 4.79 Å². The van der Waals surface area contributed by atoms with Crippen LogP contribution in [0.15, 0.2) is 54.6 Å². The number of benzene rings is 2. The molecule has 0 aromatic heterocycles. The van der Waals surface area contributed by atoms with Crippen molar-refractivity contribution in [3.8, 4) is 5.75 Å². The van der Waals surface area contributed by atoms with Crippen LogP contribution in [0.1, 0.15) is 23.6 Å². The summed E-state index contributed by atoms with van der Waals surface area (Å²) in [4.78, 5) is 12.0. The molecule has 1 atom stereocenters. The van der Waals surface area contributed by atoms with Crippen molar-refractivity contribution in [2.45, 2.75) is 19.0 Å². The topological polar surface area (TPSA) is 73.6 Å². The molecule has 1 unspecified atom stereocenters. The van der Waals surface area contributed by atoms with Crippen LogP contribution in [0.25, 0.3) is 0 Å². The van der Waals surface area contributed by atoms with Crippen LogP contribution < -0.4 is 15.8 Å². The largest absolute Gasteiger partial charge is 0.491 e. The Morgan fingerprint density at radius 2 is 1.79 bits per heavy atom. The van der Waals surface area contributed by atoms with Crippen LogP contribution in [0, 0.1) is 0 Å². The zero-order valence-electron chi connectivity index (χ0n) is 13.9. The normalized spacial score (nSPS) is 11.8. The van der Waals surface area contributed by atoms with Crippen molar-refractivity contribution in [3.63, 3.8) is 0 Å². The monoisotopic (exact) mass is 328 g/mol. The highest BCUT2D eigenvalue weighted by Gasteiger charge is 2.11. The number of rotatable bonds is 9. The Kier molecular flexibility index (Phi) is 7.26. The fourth-order valence-electron chi connectivity index (χ4n) is 2.24. The third-order valence-electron chi connectivity index (χ3n) is 3.60. The minimum Gasteiger partial charge on any atom is -0.491 e. The SMILES string of the molecule is COCCOc1ccc(CNC(=O)CC(N)c2ccccc2)cc1. The van der Waals surface area contributed by atoms with E-state index in [4.69, 9.17) is 15.2 Å². The first-order valence-corrected chi connectivity index (χ1v) is 7.97. The molecule has 2 aromatic rings. The first-order valence-electron chi connectivity index (χ1n) is 7.97. The number of carbonyl (C=O) groups excluding carboxylic acids is 1. The molecule has 128 valence electrons. The molecule has 0 saturated carbocycles. The molecule has 0 heterocycles. The first kappa shape index (κ1) is 18.0. The maximum absolute atomic E-state index is 12.0. The second-order valence-corrected chi connectivity index (χ2v) is 5.48. The van der Waals surface area contributed by atoms with E-state index in [1.165, 1.54) is 0 Å². The van der Waals surface area contributed by atoms with Gasteiger partial charge >= 0.3 is 0 Å². The van der Waals surface area contributed by atoms with Crippen LogP contribution in [0.5, 0.6) is 5.75 Å². The first-order chi connectivity index (χ1) is 11.7. The summed E-state index contributed by atoms with van der Waals surface area (Å²) in [6.07, 6.45) is 0.266. The summed E-state index contributed by atoms with van der Waals surface area (Å²) in [6, 6.07) is 17.0. The summed E-state index contributed by atoms with van der Waals surface area (Å²) < 4.78 is 10.4. The number of hydrogen-bond acceptors (Lipinski definition) is 4. The van der Waals surface area contributed by atoms with E-state index in [1.807, 2.05) is 54.6 Å². The molecule has 0 fully saturated rings. The molecule has 0 bridgehead atoms. The highest BCUT2D eigenvalue weighted by molar-refractivity contribution is 5.76. The predicted octanol–water partition coefficient (Wildman–Crippen LogP) is 2.42. The van der Waals surface area contributed by atoms with Crippen molar-refractivity contribution in [3.05, 3.63) is 65.7 Å². The molecule has 0 aliphatic heterocycles. The van der Waals surface area contributed by atoms with E-state index < -0.39 is 0 Å². The molecule has 0 aliphatic carbocycles. The van der Waals surface area contributed by atoms with Crippen LogP contribution in [-0.2, 0) is 16.1 Å². The van der Waals surface area contributed by atoms with E-state index in [0.717, 1.165) is 16.9 Å². The van der Waals surface area contributed by atoms with Gasteiger partial charge in [0.15, 0.2) is 0 Å². The fraction of sp³-hybridized carbons (Fsp3) is 0.316. The molecular formula is C19H24N2O3.